The highest BCUT2D eigenvalue weighted by Crippen LogP contribution is 2.17. The molecule has 0 aliphatic carbocycles. The fourth-order valence-corrected chi connectivity index (χ4v) is 3.95. The molecule has 0 aromatic heterocycles. The minimum atomic E-state index is -0.255. The Hall–Kier alpha value is -3.48. The molecular formula is C27H29N3O3. The van der Waals surface area contributed by atoms with Crippen LogP contribution in [0.2, 0.25) is 0 Å². The van der Waals surface area contributed by atoms with Gasteiger partial charge in [-0.25, -0.2) is 0 Å². The quantitative estimate of drug-likeness (QED) is 0.519. The molecular weight excluding hydrogens is 414 g/mol. The molecule has 1 heterocycles. The van der Waals surface area contributed by atoms with E-state index >= 15 is 0 Å². The number of hydrogen-bond acceptors (Lipinski definition) is 4. The molecule has 0 bridgehead atoms. The van der Waals surface area contributed by atoms with Gasteiger partial charge in [0.2, 0.25) is 0 Å². The van der Waals surface area contributed by atoms with Gasteiger partial charge < -0.3 is 15.7 Å². The number of carbonyl (C=O) groups is 2. The molecule has 3 N–H and O–H groups in total. The molecule has 6 nitrogen and oxygen atoms in total. The van der Waals surface area contributed by atoms with Crippen LogP contribution in [-0.2, 0) is 13.1 Å². The molecule has 170 valence electrons. The molecule has 2 amide bonds. The van der Waals surface area contributed by atoms with Gasteiger partial charge in [-0.3, -0.25) is 14.5 Å². The van der Waals surface area contributed by atoms with Crippen molar-refractivity contribution < 1.29 is 14.7 Å². The minimum absolute atomic E-state index is 0.163. The highest BCUT2D eigenvalue weighted by atomic mass is 16.3. The first-order valence-corrected chi connectivity index (χ1v) is 11.3. The Morgan fingerprint density at radius 2 is 1.45 bits per heavy atom. The summed E-state index contributed by atoms with van der Waals surface area (Å²) in [5.41, 5.74) is 3.66. The van der Waals surface area contributed by atoms with Gasteiger partial charge >= 0.3 is 0 Å². The van der Waals surface area contributed by atoms with E-state index in [1.54, 1.807) is 48.5 Å². The summed E-state index contributed by atoms with van der Waals surface area (Å²) in [4.78, 5) is 27.7. The molecule has 0 atom stereocenters. The van der Waals surface area contributed by atoms with Crippen molar-refractivity contribution in [2.45, 2.75) is 32.0 Å². The lowest BCUT2D eigenvalue weighted by molar-refractivity contribution is 0.0792. The molecule has 0 saturated carbocycles. The van der Waals surface area contributed by atoms with Crippen LogP contribution in [0.4, 0.5) is 5.69 Å². The van der Waals surface area contributed by atoms with E-state index in [2.05, 4.69) is 27.7 Å². The normalized spacial score (nSPS) is 14.6. The van der Waals surface area contributed by atoms with Gasteiger partial charge in [0.05, 0.1) is 17.4 Å². The summed E-state index contributed by atoms with van der Waals surface area (Å²) in [5, 5.41) is 15.4. The summed E-state index contributed by atoms with van der Waals surface area (Å²) in [6, 6.07) is 24.1. The van der Waals surface area contributed by atoms with E-state index in [-0.39, 0.29) is 17.9 Å². The largest absolute Gasteiger partial charge is 0.393 e. The second-order valence-electron chi connectivity index (χ2n) is 8.37. The van der Waals surface area contributed by atoms with Crippen molar-refractivity contribution in [3.63, 3.8) is 0 Å². The highest BCUT2D eigenvalue weighted by molar-refractivity contribution is 6.08. The number of amides is 2. The SMILES string of the molecule is O=C(Nc1ccccc1C(=O)NCc1ccc(CN2CCC(O)CC2)cc1)c1ccccc1. The lowest BCUT2D eigenvalue weighted by Crippen LogP contribution is -2.35. The van der Waals surface area contributed by atoms with E-state index in [9.17, 15) is 14.7 Å². The van der Waals surface area contributed by atoms with Crippen molar-refractivity contribution >= 4 is 17.5 Å². The number of carbonyl (C=O) groups excluding carboxylic acids is 2. The fourth-order valence-electron chi connectivity index (χ4n) is 3.95. The van der Waals surface area contributed by atoms with Gasteiger partial charge in [0.25, 0.3) is 11.8 Å². The molecule has 1 fully saturated rings. The second-order valence-corrected chi connectivity index (χ2v) is 8.37. The van der Waals surface area contributed by atoms with Crippen molar-refractivity contribution in [2.75, 3.05) is 18.4 Å². The molecule has 1 saturated heterocycles. The summed E-state index contributed by atoms with van der Waals surface area (Å²) >= 11 is 0. The minimum Gasteiger partial charge on any atom is -0.393 e. The van der Waals surface area contributed by atoms with E-state index in [0.717, 1.165) is 38.0 Å². The molecule has 3 aromatic rings. The Morgan fingerprint density at radius 3 is 2.18 bits per heavy atom. The number of rotatable bonds is 7. The molecule has 0 unspecified atom stereocenters. The van der Waals surface area contributed by atoms with Crippen molar-refractivity contribution in [2.24, 2.45) is 0 Å². The molecule has 0 radical (unpaired) electrons. The van der Waals surface area contributed by atoms with Crippen LogP contribution in [0.5, 0.6) is 0 Å². The van der Waals surface area contributed by atoms with Crippen LogP contribution in [-0.4, -0.2) is 41.0 Å². The molecule has 3 aromatic carbocycles. The molecule has 4 rings (SSSR count). The zero-order valence-corrected chi connectivity index (χ0v) is 18.5. The number of benzene rings is 3. The summed E-state index contributed by atoms with van der Waals surface area (Å²) in [5.74, 6) is -0.496. The van der Waals surface area contributed by atoms with Gasteiger partial charge in [0.1, 0.15) is 0 Å². The number of anilines is 1. The summed E-state index contributed by atoms with van der Waals surface area (Å²) < 4.78 is 0. The number of nitrogens with zero attached hydrogens (tertiary/aromatic N) is 1. The summed E-state index contributed by atoms with van der Waals surface area (Å²) in [6.45, 7) is 3.10. The highest BCUT2D eigenvalue weighted by Gasteiger charge is 2.17. The van der Waals surface area contributed by atoms with E-state index in [1.165, 1.54) is 5.56 Å². The Kier molecular flexibility index (Phi) is 7.50. The first-order valence-electron chi connectivity index (χ1n) is 11.3. The topological polar surface area (TPSA) is 81.7 Å². The number of para-hydroxylation sites is 1. The Bertz CT molecular complexity index is 1080. The van der Waals surface area contributed by atoms with Gasteiger partial charge in [-0.15, -0.1) is 0 Å². The van der Waals surface area contributed by atoms with Crippen LogP contribution in [0.15, 0.2) is 78.9 Å². The Labute approximate surface area is 194 Å². The lowest BCUT2D eigenvalue weighted by atomic mass is 10.1. The number of aliphatic hydroxyl groups excluding tert-OH is 1. The third kappa shape index (κ3) is 6.28. The van der Waals surface area contributed by atoms with Crippen molar-refractivity contribution in [3.8, 4) is 0 Å². The number of piperidine rings is 1. The number of hydrogen-bond donors (Lipinski definition) is 3. The maximum absolute atomic E-state index is 12.8. The van der Waals surface area contributed by atoms with Crippen molar-refractivity contribution in [1.29, 1.82) is 0 Å². The first-order chi connectivity index (χ1) is 16.1. The molecule has 33 heavy (non-hydrogen) atoms. The smallest absolute Gasteiger partial charge is 0.255 e. The average molecular weight is 444 g/mol. The molecule has 6 heteroatoms. The zero-order chi connectivity index (χ0) is 23.0. The Morgan fingerprint density at radius 1 is 0.818 bits per heavy atom. The monoisotopic (exact) mass is 443 g/mol. The van der Waals surface area contributed by atoms with Crippen LogP contribution < -0.4 is 10.6 Å². The zero-order valence-electron chi connectivity index (χ0n) is 18.5. The molecule has 0 spiro atoms. The first kappa shape index (κ1) is 22.7. The van der Waals surface area contributed by atoms with Crippen LogP contribution in [0, 0.1) is 0 Å². The number of nitrogens with one attached hydrogen (secondary N) is 2. The maximum Gasteiger partial charge on any atom is 0.255 e. The van der Waals surface area contributed by atoms with Crippen molar-refractivity contribution in [3.05, 3.63) is 101 Å². The van der Waals surface area contributed by atoms with Crippen LogP contribution in [0.25, 0.3) is 0 Å². The second kappa shape index (κ2) is 10.9. The molecule has 1 aliphatic rings. The van der Waals surface area contributed by atoms with Crippen molar-refractivity contribution in [1.82, 2.24) is 10.2 Å². The molecule has 1 aliphatic heterocycles. The van der Waals surface area contributed by atoms with Crippen LogP contribution >= 0.6 is 0 Å². The predicted octanol–water partition coefficient (Wildman–Crippen LogP) is 3.83. The standard InChI is InChI=1S/C27H29N3O3/c31-23-14-16-30(17-15-23)19-21-12-10-20(11-13-21)18-28-27(33)24-8-4-5-9-25(24)29-26(32)22-6-2-1-3-7-22/h1-13,23,31H,14-19H2,(H,28,33)(H,29,32). The predicted molar refractivity (Wildman–Crippen MR) is 129 cm³/mol. The summed E-state index contributed by atoms with van der Waals surface area (Å²) in [6.07, 6.45) is 1.50. The van der Waals surface area contributed by atoms with E-state index < -0.39 is 0 Å². The average Bonchev–Trinajstić information content (AvgIpc) is 2.85. The number of aliphatic hydroxyl groups is 1. The van der Waals surface area contributed by atoms with Gasteiger partial charge in [-0.2, -0.15) is 0 Å². The van der Waals surface area contributed by atoms with E-state index in [0.29, 0.717) is 23.4 Å². The van der Waals surface area contributed by atoms with Gasteiger partial charge in [-0.05, 0) is 48.2 Å². The van der Waals surface area contributed by atoms with Gasteiger partial charge in [-0.1, -0.05) is 54.6 Å². The number of likely N-dealkylation sites (tertiary alicyclic amines) is 1. The van der Waals surface area contributed by atoms with Crippen LogP contribution in [0.3, 0.4) is 0 Å². The van der Waals surface area contributed by atoms with E-state index in [4.69, 9.17) is 0 Å². The van der Waals surface area contributed by atoms with Gasteiger partial charge in [0, 0.05) is 31.7 Å². The Balaban J connectivity index is 1.33. The third-order valence-corrected chi connectivity index (χ3v) is 5.90. The fraction of sp³-hybridized carbons (Fsp3) is 0.259. The van der Waals surface area contributed by atoms with Gasteiger partial charge in [0.15, 0.2) is 0 Å². The van der Waals surface area contributed by atoms with Crippen LogP contribution in [0.1, 0.15) is 44.7 Å². The van der Waals surface area contributed by atoms with E-state index in [1.807, 2.05) is 18.2 Å². The summed E-state index contributed by atoms with van der Waals surface area (Å²) in [7, 11) is 0. The maximum atomic E-state index is 12.8. The third-order valence-electron chi connectivity index (χ3n) is 5.90. The lowest BCUT2D eigenvalue weighted by Gasteiger charge is -2.29.